The van der Waals surface area contributed by atoms with Crippen LogP contribution in [0.15, 0.2) is 23.0 Å². The van der Waals surface area contributed by atoms with Crippen molar-refractivity contribution in [3.8, 4) is 0 Å². The number of hydrogen-bond acceptors (Lipinski definition) is 3. The minimum absolute atomic E-state index is 0.577. The van der Waals surface area contributed by atoms with Crippen LogP contribution in [0.4, 0.5) is 0 Å². The van der Waals surface area contributed by atoms with Gasteiger partial charge >= 0.3 is 0 Å². The van der Waals surface area contributed by atoms with Crippen LogP contribution < -0.4 is 5.32 Å². The van der Waals surface area contributed by atoms with E-state index in [2.05, 4.69) is 30.1 Å². The maximum absolute atomic E-state index is 5.14. The van der Waals surface area contributed by atoms with Gasteiger partial charge in [0.05, 0.1) is 12.5 Å². The highest BCUT2D eigenvalue weighted by atomic mass is 16.3. The molecule has 0 spiro atoms. The molecule has 1 aromatic rings. The summed E-state index contributed by atoms with van der Waals surface area (Å²) in [6, 6.07) is 3.30. The number of furan rings is 1. The molecular weight excluding hydrogens is 212 g/mol. The van der Waals surface area contributed by atoms with Crippen LogP contribution in [0.1, 0.15) is 38.7 Å². The van der Waals surface area contributed by atoms with Crippen molar-refractivity contribution in [1.29, 1.82) is 0 Å². The van der Waals surface area contributed by atoms with Crippen LogP contribution in [-0.2, 0) is 6.54 Å². The summed E-state index contributed by atoms with van der Waals surface area (Å²) in [6.45, 7) is 7.85. The van der Waals surface area contributed by atoms with Crippen LogP contribution in [0.25, 0.3) is 0 Å². The van der Waals surface area contributed by atoms with E-state index in [0.717, 1.165) is 13.1 Å². The summed E-state index contributed by atoms with van der Waals surface area (Å²) < 4.78 is 5.14. The van der Waals surface area contributed by atoms with Gasteiger partial charge in [-0.2, -0.15) is 0 Å². The lowest BCUT2D eigenvalue weighted by Gasteiger charge is -2.32. The van der Waals surface area contributed by atoms with Crippen molar-refractivity contribution < 1.29 is 4.42 Å². The standard InChI is InChI=1S/C14H24N2O/c1-12(2)16(9-13-6-8-17-11-13)10-14-5-3-4-7-15-14/h6,8,11-12,14-15H,3-5,7,9-10H2,1-2H3. The van der Waals surface area contributed by atoms with Crippen LogP contribution in [-0.4, -0.2) is 30.1 Å². The van der Waals surface area contributed by atoms with Gasteiger partial charge in [-0.05, 0) is 39.3 Å². The van der Waals surface area contributed by atoms with Gasteiger partial charge in [-0.25, -0.2) is 0 Å². The first-order valence-corrected chi connectivity index (χ1v) is 6.74. The molecule has 2 rings (SSSR count). The molecule has 0 saturated carbocycles. The zero-order valence-corrected chi connectivity index (χ0v) is 11.0. The molecule has 1 atom stereocenters. The van der Waals surface area contributed by atoms with Gasteiger partial charge in [-0.15, -0.1) is 0 Å². The van der Waals surface area contributed by atoms with Crippen LogP contribution >= 0.6 is 0 Å². The molecule has 3 nitrogen and oxygen atoms in total. The minimum atomic E-state index is 0.577. The quantitative estimate of drug-likeness (QED) is 0.852. The summed E-state index contributed by atoms with van der Waals surface area (Å²) in [5, 5.41) is 3.62. The number of hydrogen-bond donors (Lipinski definition) is 1. The second-order valence-corrected chi connectivity index (χ2v) is 5.30. The number of rotatable bonds is 5. The summed E-state index contributed by atoms with van der Waals surface area (Å²) in [7, 11) is 0. The van der Waals surface area contributed by atoms with E-state index in [0.29, 0.717) is 12.1 Å². The fourth-order valence-electron chi connectivity index (χ4n) is 2.44. The fraction of sp³-hybridized carbons (Fsp3) is 0.714. The molecule has 1 unspecified atom stereocenters. The predicted octanol–water partition coefficient (Wildman–Crippen LogP) is 2.63. The highest BCUT2D eigenvalue weighted by Crippen LogP contribution is 2.13. The van der Waals surface area contributed by atoms with Crippen molar-refractivity contribution in [1.82, 2.24) is 10.2 Å². The molecule has 1 saturated heterocycles. The van der Waals surface area contributed by atoms with Crippen LogP contribution in [0.3, 0.4) is 0 Å². The zero-order chi connectivity index (χ0) is 12.1. The third-order valence-electron chi connectivity index (χ3n) is 3.56. The van der Waals surface area contributed by atoms with Gasteiger partial charge in [0.15, 0.2) is 0 Å². The van der Waals surface area contributed by atoms with Crippen molar-refractivity contribution >= 4 is 0 Å². The van der Waals surface area contributed by atoms with Crippen molar-refractivity contribution in [3.05, 3.63) is 24.2 Å². The topological polar surface area (TPSA) is 28.4 Å². The first kappa shape index (κ1) is 12.7. The summed E-state index contributed by atoms with van der Waals surface area (Å²) in [4.78, 5) is 2.52. The Bertz CT molecular complexity index is 302. The summed E-state index contributed by atoms with van der Waals surface area (Å²) in [6.07, 6.45) is 7.63. The number of piperidine rings is 1. The molecule has 2 heterocycles. The number of nitrogens with one attached hydrogen (secondary N) is 1. The Labute approximate surface area is 104 Å². The Morgan fingerprint density at radius 3 is 2.94 bits per heavy atom. The molecule has 1 aromatic heterocycles. The maximum Gasteiger partial charge on any atom is 0.0947 e. The average molecular weight is 236 g/mol. The lowest BCUT2D eigenvalue weighted by Crippen LogP contribution is -2.45. The highest BCUT2D eigenvalue weighted by Gasteiger charge is 2.18. The van der Waals surface area contributed by atoms with E-state index in [4.69, 9.17) is 4.42 Å². The molecule has 0 amide bonds. The molecule has 0 aromatic carbocycles. The third kappa shape index (κ3) is 3.86. The molecule has 1 N–H and O–H groups in total. The second kappa shape index (κ2) is 6.22. The van der Waals surface area contributed by atoms with E-state index >= 15 is 0 Å². The van der Waals surface area contributed by atoms with E-state index < -0.39 is 0 Å². The van der Waals surface area contributed by atoms with Crippen LogP contribution in [0.5, 0.6) is 0 Å². The molecule has 17 heavy (non-hydrogen) atoms. The van der Waals surface area contributed by atoms with E-state index in [9.17, 15) is 0 Å². The van der Waals surface area contributed by atoms with Crippen LogP contribution in [0.2, 0.25) is 0 Å². The van der Waals surface area contributed by atoms with Gasteiger partial charge in [-0.1, -0.05) is 6.42 Å². The molecule has 0 radical (unpaired) electrons. The molecule has 0 bridgehead atoms. The Balaban J connectivity index is 1.87. The van der Waals surface area contributed by atoms with Gasteiger partial charge in [0, 0.05) is 30.7 Å². The van der Waals surface area contributed by atoms with Crippen molar-refractivity contribution in [2.24, 2.45) is 0 Å². The van der Waals surface area contributed by atoms with E-state index in [1.165, 1.54) is 31.4 Å². The summed E-state index contributed by atoms with van der Waals surface area (Å²) >= 11 is 0. The summed E-state index contributed by atoms with van der Waals surface area (Å²) in [5.74, 6) is 0. The highest BCUT2D eigenvalue weighted by molar-refractivity contribution is 5.05. The Morgan fingerprint density at radius 1 is 1.47 bits per heavy atom. The zero-order valence-electron chi connectivity index (χ0n) is 11.0. The van der Waals surface area contributed by atoms with E-state index in [-0.39, 0.29) is 0 Å². The molecule has 1 aliphatic heterocycles. The Kier molecular flexibility index (Phi) is 4.63. The lowest BCUT2D eigenvalue weighted by atomic mass is 10.0. The third-order valence-corrected chi connectivity index (χ3v) is 3.56. The van der Waals surface area contributed by atoms with Crippen molar-refractivity contribution in [3.63, 3.8) is 0 Å². The number of nitrogens with zero attached hydrogens (tertiary/aromatic N) is 1. The average Bonchev–Trinajstić information content (AvgIpc) is 2.82. The smallest absolute Gasteiger partial charge is 0.0947 e. The fourth-order valence-corrected chi connectivity index (χ4v) is 2.44. The van der Waals surface area contributed by atoms with Gasteiger partial charge in [0.25, 0.3) is 0 Å². The predicted molar refractivity (Wildman–Crippen MR) is 69.9 cm³/mol. The molecule has 1 aliphatic rings. The maximum atomic E-state index is 5.14. The van der Waals surface area contributed by atoms with Gasteiger partial charge in [0.1, 0.15) is 0 Å². The lowest BCUT2D eigenvalue weighted by molar-refractivity contribution is 0.177. The molecule has 1 fully saturated rings. The van der Waals surface area contributed by atoms with Gasteiger partial charge in [-0.3, -0.25) is 4.90 Å². The van der Waals surface area contributed by atoms with Crippen molar-refractivity contribution in [2.75, 3.05) is 13.1 Å². The van der Waals surface area contributed by atoms with E-state index in [1.807, 2.05) is 6.26 Å². The Hall–Kier alpha value is -0.800. The minimum Gasteiger partial charge on any atom is -0.472 e. The first-order chi connectivity index (χ1) is 8.25. The van der Waals surface area contributed by atoms with Gasteiger partial charge < -0.3 is 9.73 Å². The second-order valence-electron chi connectivity index (χ2n) is 5.30. The molecule has 0 aliphatic carbocycles. The van der Waals surface area contributed by atoms with Crippen LogP contribution in [0, 0.1) is 0 Å². The monoisotopic (exact) mass is 236 g/mol. The van der Waals surface area contributed by atoms with Crippen molar-refractivity contribution in [2.45, 2.75) is 51.7 Å². The molecular formula is C14H24N2O. The van der Waals surface area contributed by atoms with E-state index in [1.54, 1.807) is 6.26 Å². The first-order valence-electron chi connectivity index (χ1n) is 6.74. The summed E-state index contributed by atoms with van der Waals surface area (Å²) in [5.41, 5.74) is 1.27. The van der Waals surface area contributed by atoms with Gasteiger partial charge in [0.2, 0.25) is 0 Å². The SMILES string of the molecule is CC(C)N(Cc1ccoc1)CC1CCCCN1. The molecule has 96 valence electrons. The molecule has 3 heteroatoms. The Morgan fingerprint density at radius 2 is 2.35 bits per heavy atom. The largest absolute Gasteiger partial charge is 0.472 e. The normalized spacial score (nSPS) is 21.3.